The van der Waals surface area contributed by atoms with Crippen molar-refractivity contribution < 1.29 is 9.32 Å². The van der Waals surface area contributed by atoms with Crippen LogP contribution < -0.4 is 15.5 Å². The van der Waals surface area contributed by atoms with Gasteiger partial charge in [0.05, 0.1) is 26.9 Å². The van der Waals surface area contributed by atoms with E-state index in [9.17, 15) is 0 Å². The van der Waals surface area contributed by atoms with Crippen molar-refractivity contribution in [2.45, 2.75) is 32.2 Å². The second kappa shape index (κ2) is 9.45. The van der Waals surface area contributed by atoms with E-state index in [1.807, 2.05) is 12.1 Å². The van der Waals surface area contributed by atoms with E-state index in [0.29, 0.717) is 5.11 Å². The fraction of sp³-hybridized carbons (Fsp3) is 0.421. The molecule has 130 valence electrons. The van der Waals surface area contributed by atoms with E-state index in [1.54, 1.807) is 6.26 Å². The van der Waals surface area contributed by atoms with Gasteiger partial charge < -0.3 is 20.0 Å². The molecule has 0 aliphatic heterocycles. The van der Waals surface area contributed by atoms with Crippen molar-refractivity contribution in [1.29, 1.82) is 0 Å². The summed E-state index contributed by atoms with van der Waals surface area (Å²) in [6.07, 6.45) is 5.30. The molecule has 0 unspecified atom stereocenters. The highest BCUT2D eigenvalue weighted by atomic mass is 32.1. The number of likely N-dealkylation sites (N-methyl/N-ethyl adjacent to an activating group) is 1. The summed E-state index contributed by atoms with van der Waals surface area (Å²) in [5, 5.41) is 7.17. The van der Waals surface area contributed by atoms with E-state index in [1.165, 1.54) is 23.3 Å². The van der Waals surface area contributed by atoms with Gasteiger partial charge in [-0.3, -0.25) is 0 Å². The third-order valence-electron chi connectivity index (χ3n) is 4.08. The van der Waals surface area contributed by atoms with Crippen molar-refractivity contribution in [3.63, 3.8) is 0 Å². The lowest BCUT2D eigenvalue weighted by atomic mass is 10.1. The summed E-state index contributed by atoms with van der Waals surface area (Å²) >= 11 is 5.41. The summed E-state index contributed by atoms with van der Waals surface area (Å²) < 4.78 is 5.53. The highest BCUT2D eigenvalue weighted by molar-refractivity contribution is 7.80. The number of nitrogens with one attached hydrogen (secondary N) is 3. The van der Waals surface area contributed by atoms with Gasteiger partial charge in [-0.2, -0.15) is 0 Å². The van der Waals surface area contributed by atoms with Crippen molar-refractivity contribution in [3.8, 4) is 0 Å². The van der Waals surface area contributed by atoms with Gasteiger partial charge >= 0.3 is 0 Å². The van der Waals surface area contributed by atoms with Crippen LogP contribution in [0.3, 0.4) is 0 Å². The SMILES string of the molecule is CCCCc1ccc(NC(=S)NC[C@@H](c2ccco2)[NH+](C)C)cc1. The molecule has 2 rings (SSSR count). The van der Waals surface area contributed by atoms with Crippen molar-refractivity contribution in [3.05, 3.63) is 54.0 Å². The molecule has 24 heavy (non-hydrogen) atoms. The van der Waals surface area contributed by atoms with Gasteiger partial charge in [0.1, 0.15) is 0 Å². The average Bonchev–Trinajstić information content (AvgIpc) is 3.08. The number of hydrogen-bond acceptors (Lipinski definition) is 2. The van der Waals surface area contributed by atoms with E-state index in [-0.39, 0.29) is 6.04 Å². The van der Waals surface area contributed by atoms with Gasteiger partial charge in [-0.1, -0.05) is 25.5 Å². The number of quaternary nitrogens is 1. The van der Waals surface area contributed by atoms with E-state index >= 15 is 0 Å². The van der Waals surface area contributed by atoms with Gasteiger partial charge in [0.25, 0.3) is 0 Å². The Hall–Kier alpha value is -1.85. The first kappa shape index (κ1) is 18.5. The molecule has 0 spiro atoms. The summed E-state index contributed by atoms with van der Waals surface area (Å²) in [7, 11) is 4.22. The smallest absolute Gasteiger partial charge is 0.171 e. The monoisotopic (exact) mass is 346 g/mol. The summed E-state index contributed by atoms with van der Waals surface area (Å²) in [5.41, 5.74) is 2.38. The average molecular weight is 347 g/mol. The van der Waals surface area contributed by atoms with Crippen molar-refractivity contribution in [2.24, 2.45) is 0 Å². The summed E-state index contributed by atoms with van der Waals surface area (Å²) in [5.74, 6) is 0.963. The second-order valence-electron chi connectivity index (χ2n) is 6.28. The first-order chi connectivity index (χ1) is 11.6. The maximum atomic E-state index is 5.53. The fourth-order valence-electron chi connectivity index (χ4n) is 2.58. The van der Waals surface area contributed by atoms with Crippen LogP contribution in [-0.4, -0.2) is 25.8 Å². The quantitative estimate of drug-likeness (QED) is 0.643. The van der Waals surface area contributed by atoms with Crippen LogP contribution in [0.1, 0.15) is 37.1 Å². The lowest BCUT2D eigenvalue weighted by molar-refractivity contribution is -0.891. The molecule has 3 N–H and O–H groups in total. The Morgan fingerprint density at radius 2 is 1.96 bits per heavy atom. The molecule has 1 heterocycles. The molecule has 0 aliphatic rings. The minimum absolute atomic E-state index is 0.219. The van der Waals surface area contributed by atoms with E-state index in [0.717, 1.165) is 24.4 Å². The number of unbranched alkanes of at least 4 members (excludes halogenated alkanes) is 1. The molecule has 5 heteroatoms. The van der Waals surface area contributed by atoms with Gasteiger partial charge in [0.15, 0.2) is 16.9 Å². The molecule has 0 aliphatic carbocycles. The minimum atomic E-state index is 0.219. The predicted molar refractivity (Wildman–Crippen MR) is 104 cm³/mol. The summed E-state index contributed by atoms with van der Waals surface area (Å²) in [6.45, 7) is 2.93. The molecular weight excluding hydrogens is 318 g/mol. The lowest BCUT2D eigenvalue weighted by Gasteiger charge is -2.20. The van der Waals surface area contributed by atoms with Crippen molar-refractivity contribution in [1.82, 2.24) is 5.32 Å². The number of hydrogen-bond donors (Lipinski definition) is 3. The number of rotatable bonds is 8. The van der Waals surface area contributed by atoms with Crippen LogP contribution >= 0.6 is 12.2 Å². The van der Waals surface area contributed by atoms with E-state index in [2.05, 4.69) is 55.9 Å². The Morgan fingerprint density at radius 1 is 1.21 bits per heavy atom. The van der Waals surface area contributed by atoms with Crippen LogP contribution in [0.5, 0.6) is 0 Å². The topological polar surface area (TPSA) is 41.6 Å². The van der Waals surface area contributed by atoms with Gasteiger partial charge in [-0.15, -0.1) is 0 Å². The van der Waals surface area contributed by atoms with Crippen molar-refractivity contribution >= 4 is 23.0 Å². The maximum absolute atomic E-state index is 5.53. The van der Waals surface area contributed by atoms with E-state index in [4.69, 9.17) is 16.6 Å². The molecule has 0 fully saturated rings. The highest BCUT2D eigenvalue weighted by Gasteiger charge is 2.20. The predicted octanol–water partition coefficient (Wildman–Crippen LogP) is 2.79. The molecule has 0 saturated heterocycles. The molecule has 0 amide bonds. The van der Waals surface area contributed by atoms with Crippen LogP contribution in [0.2, 0.25) is 0 Å². The molecule has 1 aromatic carbocycles. The number of furan rings is 1. The second-order valence-corrected chi connectivity index (χ2v) is 6.69. The third-order valence-corrected chi connectivity index (χ3v) is 4.33. The van der Waals surface area contributed by atoms with Crippen LogP contribution in [0.25, 0.3) is 0 Å². The highest BCUT2D eigenvalue weighted by Crippen LogP contribution is 2.12. The Morgan fingerprint density at radius 3 is 2.54 bits per heavy atom. The van der Waals surface area contributed by atoms with Crippen LogP contribution in [0.15, 0.2) is 47.1 Å². The zero-order valence-corrected chi connectivity index (χ0v) is 15.6. The Labute approximate surface area is 150 Å². The number of aryl methyl sites for hydroxylation is 1. The standard InChI is InChI=1S/C19H27N3OS/c1-4-5-7-15-9-11-16(12-10-15)21-19(24)20-14-17(22(2)3)18-8-6-13-23-18/h6,8-13,17H,4-5,7,14H2,1-3H3,(H2,20,21,24)/p+1/t17-/m0/s1. The normalized spacial score (nSPS) is 12.2. The Kier molecular flexibility index (Phi) is 7.28. The Bertz CT molecular complexity index is 608. The zero-order valence-electron chi connectivity index (χ0n) is 14.8. The van der Waals surface area contributed by atoms with Gasteiger partial charge in [-0.05, 0) is 54.9 Å². The van der Waals surface area contributed by atoms with Crippen LogP contribution in [0.4, 0.5) is 5.69 Å². The van der Waals surface area contributed by atoms with Crippen LogP contribution in [0, 0.1) is 0 Å². The molecule has 2 aromatic rings. The molecule has 1 aromatic heterocycles. The fourth-order valence-corrected chi connectivity index (χ4v) is 2.79. The first-order valence-electron chi connectivity index (χ1n) is 8.57. The van der Waals surface area contributed by atoms with E-state index < -0.39 is 0 Å². The summed E-state index contributed by atoms with van der Waals surface area (Å²) in [6, 6.07) is 12.6. The molecule has 1 atom stereocenters. The number of anilines is 1. The first-order valence-corrected chi connectivity index (χ1v) is 8.98. The summed E-state index contributed by atoms with van der Waals surface area (Å²) in [4.78, 5) is 1.29. The van der Waals surface area contributed by atoms with Gasteiger partial charge in [0, 0.05) is 5.69 Å². The molecule has 0 radical (unpaired) electrons. The van der Waals surface area contributed by atoms with Crippen LogP contribution in [-0.2, 0) is 6.42 Å². The van der Waals surface area contributed by atoms with Gasteiger partial charge in [0.2, 0.25) is 0 Å². The maximum Gasteiger partial charge on any atom is 0.171 e. The third kappa shape index (κ3) is 5.65. The largest absolute Gasteiger partial charge is 0.463 e. The minimum Gasteiger partial charge on any atom is -0.463 e. The van der Waals surface area contributed by atoms with Gasteiger partial charge in [-0.25, -0.2) is 0 Å². The lowest BCUT2D eigenvalue weighted by Crippen LogP contribution is -3.07. The molecule has 0 saturated carbocycles. The van der Waals surface area contributed by atoms with Crippen molar-refractivity contribution in [2.75, 3.05) is 26.0 Å². The zero-order chi connectivity index (χ0) is 17.4. The Balaban J connectivity index is 1.84. The molecular formula is C19H28N3OS+. The molecule has 0 bridgehead atoms. The molecule has 4 nitrogen and oxygen atoms in total. The number of thiocarbonyl (C=S) groups is 1. The number of benzene rings is 1.